The Bertz CT molecular complexity index is 1400. The van der Waals surface area contributed by atoms with Crippen LogP contribution < -0.4 is 10.2 Å². The molecule has 0 bridgehead atoms. The van der Waals surface area contributed by atoms with Crippen molar-refractivity contribution in [3.63, 3.8) is 0 Å². The summed E-state index contributed by atoms with van der Waals surface area (Å²) in [5.74, 6) is -0.156. The van der Waals surface area contributed by atoms with Crippen LogP contribution in [0.15, 0.2) is 41.6 Å². The van der Waals surface area contributed by atoms with Gasteiger partial charge in [0.25, 0.3) is 0 Å². The zero-order chi connectivity index (χ0) is 23.7. The molecule has 34 heavy (non-hydrogen) atoms. The van der Waals surface area contributed by atoms with E-state index in [0.717, 1.165) is 22.4 Å². The van der Waals surface area contributed by atoms with Gasteiger partial charge in [0.15, 0.2) is 5.43 Å². The fraction of sp³-hybridized carbons (Fsp3) is 0.333. The van der Waals surface area contributed by atoms with Gasteiger partial charge in [-0.1, -0.05) is 24.3 Å². The fourth-order valence-corrected chi connectivity index (χ4v) is 5.42. The van der Waals surface area contributed by atoms with Gasteiger partial charge in [0.1, 0.15) is 0 Å². The molecule has 0 saturated carbocycles. The van der Waals surface area contributed by atoms with Crippen LogP contribution in [0.1, 0.15) is 27.9 Å². The standard InChI is InChI=1S/C24H26N4O5S/c1-28-13-19(10-26-28)22-12-25-23-5-4-17-3-2-16(8-18(17)9-21(23)24(22)29)15-34(30,31)27-11-20-14-32-6-7-33-20/h2-5,8,10,12-13,20,27H,6-7,9,11,14-15H2,1H3,(H,25,29)/t20-/m0/s1. The molecule has 0 radical (unpaired) electrons. The Hall–Kier alpha value is -3.05. The monoisotopic (exact) mass is 482 g/mol. The largest absolute Gasteiger partial charge is 0.376 e. The van der Waals surface area contributed by atoms with Gasteiger partial charge in [-0.3, -0.25) is 9.48 Å². The minimum atomic E-state index is -3.56. The van der Waals surface area contributed by atoms with Crippen molar-refractivity contribution in [3.8, 4) is 11.1 Å². The molecule has 1 aliphatic carbocycles. The topological polar surface area (TPSA) is 115 Å². The third-order valence-corrected chi connectivity index (χ3v) is 7.33. The zero-order valence-corrected chi connectivity index (χ0v) is 19.6. The lowest BCUT2D eigenvalue weighted by atomic mass is 9.97. The fourth-order valence-electron chi connectivity index (χ4n) is 4.26. The first kappa shape index (κ1) is 22.7. The van der Waals surface area contributed by atoms with Crippen LogP contribution in [0, 0.1) is 0 Å². The lowest BCUT2D eigenvalue weighted by Gasteiger charge is -2.23. The second kappa shape index (κ2) is 9.30. The number of ether oxygens (including phenoxy) is 2. The average molecular weight is 483 g/mol. The van der Waals surface area contributed by atoms with E-state index in [9.17, 15) is 13.2 Å². The molecule has 10 heteroatoms. The maximum absolute atomic E-state index is 13.3. The Morgan fingerprint density at radius 3 is 2.91 bits per heavy atom. The van der Waals surface area contributed by atoms with Crippen LogP contribution in [-0.4, -0.2) is 55.7 Å². The van der Waals surface area contributed by atoms with Crippen molar-refractivity contribution in [2.24, 2.45) is 7.05 Å². The van der Waals surface area contributed by atoms with Gasteiger partial charge in [-0.25, -0.2) is 13.1 Å². The van der Waals surface area contributed by atoms with Crippen LogP contribution in [0.2, 0.25) is 0 Å². The lowest BCUT2D eigenvalue weighted by molar-refractivity contribution is -0.0847. The summed E-state index contributed by atoms with van der Waals surface area (Å²) in [4.78, 5) is 16.5. The number of hydrogen-bond acceptors (Lipinski definition) is 6. The number of nitrogens with zero attached hydrogens (tertiary/aromatic N) is 2. The normalized spacial score (nSPS) is 17.7. The molecule has 2 N–H and O–H groups in total. The number of pyridine rings is 1. The number of hydrogen-bond donors (Lipinski definition) is 2. The molecule has 1 fully saturated rings. The van der Waals surface area contributed by atoms with E-state index < -0.39 is 10.0 Å². The summed E-state index contributed by atoms with van der Waals surface area (Å²) in [6.07, 6.45) is 9.13. The Labute approximate surface area is 197 Å². The maximum atomic E-state index is 13.3. The van der Waals surface area contributed by atoms with Gasteiger partial charge in [-0.2, -0.15) is 5.10 Å². The van der Waals surface area contributed by atoms with Gasteiger partial charge >= 0.3 is 0 Å². The summed E-state index contributed by atoms with van der Waals surface area (Å²) in [7, 11) is -1.75. The van der Waals surface area contributed by atoms with E-state index in [1.807, 2.05) is 30.4 Å². The highest BCUT2D eigenvalue weighted by molar-refractivity contribution is 7.88. The Morgan fingerprint density at radius 1 is 1.26 bits per heavy atom. The van der Waals surface area contributed by atoms with E-state index in [-0.39, 0.29) is 23.8 Å². The molecule has 3 aromatic rings. The smallest absolute Gasteiger partial charge is 0.215 e. The van der Waals surface area contributed by atoms with Crippen molar-refractivity contribution in [1.29, 1.82) is 0 Å². The number of aromatic amines is 1. The Balaban J connectivity index is 1.37. The van der Waals surface area contributed by atoms with E-state index in [1.165, 1.54) is 0 Å². The number of H-pyrrole nitrogens is 1. The van der Waals surface area contributed by atoms with Crippen molar-refractivity contribution in [1.82, 2.24) is 19.5 Å². The van der Waals surface area contributed by atoms with Crippen LogP contribution in [0.25, 0.3) is 23.3 Å². The average Bonchev–Trinajstić information content (AvgIpc) is 3.16. The van der Waals surface area contributed by atoms with Crippen molar-refractivity contribution in [3.05, 3.63) is 75.0 Å². The molecule has 5 rings (SSSR count). The third-order valence-electron chi connectivity index (χ3n) is 6.01. The van der Waals surface area contributed by atoms with Crippen LogP contribution in [0.3, 0.4) is 0 Å². The number of aromatic nitrogens is 3. The van der Waals surface area contributed by atoms with Gasteiger partial charge in [-0.15, -0.1) is 0 Å². The Morgan fingerprint density at radius 2 is 2.15 bits per heavy atom. The molecule has 0 amide bonds. The molecular weight excluding hydrogens is 456 g/mol. The molecule has 3 heterocycles. The van der Waals surface area contributed by atoms with Gasteiger partial charge in [0.05, 0.1) is 37.9 Å². The highest BCUT2D eigenvalue weighted by Crippen LogP contribution is 2.25. The first-order valence-electron chi connectivity index (χ1n) is 11.1. The highest BCUT2D eigenvalue weighted by Gasteiger charge is 2.20. The van der Waals surface area contributed by atoms with Gasteiger partial charge in [0, 0.05) is 54.8 Å². The third kappa shape index (κ3) is 4.90. The SMILES string of the molecule is Cn1cc(-c2c[nH]c3c(c2=O)Cc2cc(CS(=O)(=O)NC[C@H]4COCCO4)ccc2C=C3)cn1. The van der Waals surface area contributed by atoms with Gasteiger partial charge in [0.2, 0.25) is 10.0 Å². The van der Waals surface area contributed by atoms with Crippen molar-refractivity contribution in [2.75, 3.05) is 26.4 Å². The first-order valence-corrected chi connectivity index (χ1v) is 12.7. The summed E-state index contributed by atoms with van der Waals surface area (Å²) < 4.78 is 40.4. The molecular formula is C24H26N4O5S. The second-order valence-electron chi connectivity index (χ2n) is 8.54. The predicted molar refractivity (Wildman–Crippen MR) is 129 cm³/mol. The van der Waals surface area contributed by atoms with Crippen molar-refractivity contribution < 1.29 is 17.9 Å². The number of fused-ring (bicyclic) bond motifs is 2. The number of nitrogens with one attached hydrogen (secondary N) is 2. The zero-order valence-electron chi connectivity index (χ0n) is 18.8. The number of aryl methyl sites for hydroxylation is 1. The number of benzene rings is 1. The molecule has 1 aliphatic heterocycles. The minimum absolute atomic E-state index is 0.0614. The van der Waals surface area contributed by atoms with E-state index in [4.69, 9.17) is 9.47 Å². The second-order valence-corrected chi connectivity index (χ2v) is 10.4. The van der Waals surface area contributed by atoms with Crippen molar-refractivity contribution in [2.45, 2.75) is 18.3 Å². The number of sulfonamides is 1. The maximum Gasteiger partial charge on any atom is 0.215 e. The summed E-state index contributed by atoms with van der Waals surface area (Å²) in [5.41, 5.74) is 5.15. The highest BCUT2D eigenvalue weighted by atomic mass is 32.2. The van der Waals surface area contributed by atoms with Crippen LogP contribution in [0.5, 0.6) is 0 Å². The minimum Gasteiger partial charge on any atom is -0.376 e. The predicted octanol–water partition coefficient (Wildman–Crippen LogP) is 1.68. The van der Waals surface area contributed by atoms with E-state index >= 15 is 0 Å². The van der Waals surface area contributed by atoms with Crippen molar-refractivity contribution >= 4 is 22.2 Å². The summed E-state index contributed by atoms with van der Waals surface area (Å²) in [6.45, 7) is 1.55. The summed E-state index contributed by atoms with van der Waals surface area (Å²) in [5, 5.41) is 4.16. The Kier molecular flexibility index (Phi) is 6.22. The molecule has 2 aromatic heterocycles. The number of rotatable bonds is 6. The molecule has 2 aliphatic rings. The van der Waals surface area contributed by atoms with E-state index in [2.05, 4.69) is 14.8 Å². The van der Waals surface area contributed by atoms with E-state index in [1.54, 1.807) is 30.3 Å². The molecule has 0 spiro atoms. The first-order chi connectivity index (χ1) is 16.4. The summed E-state index contributed by atoms with van der Waals surface area (Å²) in [6, 6.07) is 5.57. The van der Waals surface area contributed by atoms with Crippen LogP contribution >= 0.6 is 0 Å². The molecule has 1 aromatic carbocycles. The molecule has 178 valence electrons. The van der Waals surface area contributed by atoms with Gasteiger partial charge in [-0.05, 0) is 22.8 Å². The lowest BCUT2D eigenvalue weighted by Crippen LogP contribution is -2.40. The van der Waals surface area contributed by atoms with E-state index in [0.29, 0.717) is 42.9 Å². The summed E-state index contributed by atoms with van der Waals surface area (Å²) >= 11 is 0. The van der Waals surface area contributed by atoms with Gasteiger partial charge < -0.3 is 14.5 Å². The van der Waals surface area contributed by atoms with Crippen LogP contribution in [-0.2, 0) is 38.7 Å². The van der Waals surface area contributed by atoms with Crippen LogP contribution in [0.4, 0.5) is 0 Å². The molecule has 1 saturated heterocycles. The molecule has 1 atom stereocenters. The molecule has 9 nitrogen and oxygen atoms in total. The quantitative estimate of drug-likeness (QED) is 0.432. The molecule has 0 unspecified atom stereocenters.